The van der Waals surface area contributed by atoms with Gasteiger partial charge < -0.3 is 10.2 Å². The van der Waals surface area contributed by atoms with Crippen LogP contribution < -0.4 is 0 Å². The molecule has 82 valence electrons. The van der Waals surface area contributed by atoms with Gasteiger partial charge in [0, 0.05) is 4.90 Å². The van der Waals surface area contributed by atoms with Crippen molar-refractivity contribution in [3.05, 3.63) is 48.0 Å². The first kappa shape index (κ1) is 10.9. The van der Waals surface area contributed by atoms with E-state index in [0.717, 1.165) is 10.5 Å². The molecule has 0 atom stereocenters. The highest BCUT2D eigenvalue weighted by Gasteiger charge is 2.08. The summed E-state index contributed by atoms with van der Waals surface area (Å²) in [6.45, 7) is 1.88. The standard InChI is InChI=1S/C13H12O2S/c1-9-7-11(14)13(15)12(8-9)16-10-5-3-2-4-6-10/h2-8,14-15H,1H3. The summed E-state index contributed by atoms with van der Waals surface area (Å²) < 4.78 is 0. The summed E-state index contributed by atoms with van der Waals surface area (Å²) in [6, 6.07) is 13.1. The van der Waals surface area contributed by atoms with Crippen molar-refractivity contribution >= 4 is 11.8 Å². The van der Waals surface area contributed by atoms with Gasteiger partial charge in [0.1, 0.15) is 0 Å². The summed E-state index contributed by atoms with van der Waals surface area (Å²) in [5.74, 6) is -0.127. The number of hydrogen-bond acceptors (Lipinski definition) is 3. The summed E-state index contributed by atoms with van der Waals surface area (Å²) in [5, 5.41) is 19.2. The van der Waals surface area contributed by atoms with Gasteiger partial charge in [0.15, 0.2) is 11.5 Å². The quantitative estimate of drug-likeness (QED) is 0.778. The average molecular weight is 232 g/mol. The molecule has 2 aromatic carbocycles. The Balaban J connectivity index is 2.35. The molecule has 0 heterocycles. The fourth-order valence-corrected chi connectivity index (χ4v) is 2.41. The van der Waals surface area contributed by atoms with Crippen molar-refractivity contribution < 1.29 is 10.2 Å². The number of phenolic OH excluding ortho intramolecular Hbond substituents is 2. The lowest BCUT2D eigenvalue weighted by atomic mass is 10.2. The van der Waals surface area contributed by atoms with Gasteiger partial charge in [-0.05, 0) is 36.8 Å². The summed E-state index contributed by atoms with van der Waals surface area (Å²) >= 11 is 1.43. The molecule has 0 fully saturated rings. The minimum absolute atomic E-state index is 0.0561. The third kappa shape index (κ3) is 2.31. The summed E-state index contributed by atoms with van der Waals surface area (Å²) in [7, 11) is 0. The maximum absolute atomic E-state index is 9.71. The van der Waals surface area contributed by atoms with E-state index in [2.05, 4.69) is 0 Å². The lowest BCUT2D eigenvalue weighted by Crippen LogP contribution is -1.79. The van der Waals surface area contributed by atoms with Gasteiger partial charge >= 0.3 is 0 Å². The SMILES string of the molecule is Cc1cc(O)c(O)c(Sc2ccccc2)c1. The van der Waals surface area contributed by atoms with E-state index in [1.807, 2.05) is 43.3 Å². The zero-order chi connectivity index (χ0) is 11.5. The molecule has 16 heavy (non-hydrogen) atoms. The van der Waals surface area contributed by atoms with E-state index in [0.29, 0.717) is 4.90 Å². The molecular formula is C13H12O2S. The molecule has 0 spiro atoms. The van der Waals surface area contributed by atoms with Crippen molar-refractivity contribution in [2.75, 3.05) is 0 Å². The Morgan fingerprint density at radius 1 is 1.00 bits per heavy atom. The molecular weight excluding hydrogens is 220 g/mol. The second-order valence-corrected chi connectivity index (χ2v) is 4.66. The van der Waals surface area contributed by atoms with E-state index in [-0.39, 0.29) is 11.5 Å². The van der Waals surface area contributed by atoms with Crippen LogP contribution in [0, 0.1) is 6.92 Å². The smallest absolute Gasteiger partial charge is 0.171 e. The fourth-order valence-electron chi connectivity index (χ4n) is 1.42. The third-order valence-corrected chi connectivity index (χ3v) is 3.21. The lowest BCUT2D eigenvalue weighted by molar-refractivity contribution is 0.394. The van der Waals surface area contributed by atoms with Crippen LogP contribution in [0.4, 0.5) is 0 Å². The van der Waals surface area contributed by atoms with Crippen molar-refractivity contribution in [2.45, 2.75) is 16.7 Å². The second-order valence-electron chi connectivity index (χ2n) is 3.55. The summed E-state index contributed by atoms with van der Waals surface area (Å²) in [4.78, 5) is 1.70. The number of rotatable bonds is 2. The molecule has 2 nitrogen and oxygen atoms in total. The molecule has 0 aliphatic heterocycles. The Morgan fingerprint density at radius 3 is 2.38 bits per heavy atom. The minimum Gasteiger partial charge on any atom is -0.504 e. The zero-order valence-corrected chi connectivity index (χ0v) is 9.66. The highest BCUT2D eigenvalue weighted by Crippen LogP contribution is 2.40. The van der Waals surface area contributed by atoms with E-state index in [1.165, 1.54) is 11.8 Å². The minimum atomic E-state index is -0.0709. The van der Waals surface area contributed by atoms with E-state index in [4.69, 9.17) is 0 Å². The van der Waals surface area contributed by atoms with Crippen molar-refractivity contribution in [2.24, 2.45) is 0 Å². The van der Waals surface area contributed by atoms with Gasteiger partial charge in [-0.25, -0.2) is 0 Å². The average Bonchev–Trinajstić information content (AvgIpc) is 2.27. The van der Waals surface area contributed by atoms with E-state index >= 15 is 0 Å². The van der Waals surface area contributed by atoms with E-state index in [1.54, 1.807) is 6.07 Å². The van der Waals surface area contributed by atoms with Crippen LogP contribution in [0.5, 0.6) is 11.5 Å². The van der Waals surface area contributed by atoms with Crippen LogP contribution in [0.3, 0.4) is 0 Å². The van der Waals surface area contributed by atoms with Crippen molar-refractivity contribution in [3.63, 3.8) is 0 Å². The molecule has 0 unspecified atom stereocenters. The van der Waals surface area contributed by atoms with Crippen LogP contribution in [-0.4, -0.2) is 10.2 Å². The molecule has 0 saturated carbocycles. The molecule has 0 aliphatic carbocycles. The maximum atomic E-state index is 9.71. The second kappa shape index (κ2) is 4.49. The molecule has 3 heteroatoms. The van der Waals surface area contributed by atoms with Crippen LogP contribution in [-0.2, 0) is 0 Å². The number of aromatic hydroxyl groups is 2. The van der Waals surface area contributed by atoms with Crippen LogP contribution >= 0.6 is 11.8 Å². The van der Waals surface area contributed by atoms with Gasteiger partial charge in [0.2, 0.25) is 0 Å². The number of benzene rings is 2. The van der Waals surface area contributed by atoms with Gasteiger partial charge in [-0.1, -0.05) is 30.0 Å². The lowest BCUT2D eigenvalue weighted by Gasteiger charge is -2.07. The van der Waals surface area contributed by atoms with Gasteiger partial charge in [0.25, 0.3) is 0 Å². The summed E-state index contributed by atoms with van der Waals surface area (Å²) in [5.41, 5.74) is 0.925. The molecule has 0 saturated heterocycles. The topological polar surface area (TPSA) is 40.5 Å². The Labute approximate surface area is 98.6 Å². The highest BCUT2D eigenvalue weighted by atomic mass is 32.2. The van der Waals surface area contributed by atoms with Crippen LogP contribution in [0.15, 0.2) is 52.3 Å². The van der Waals surface area contributed by atoms with Gasteiger partial charge in [0.05, 0.1) is 4.90 Å². The molecule has 2 rings (SSSR count). The first-order chi connectivity index (χ1) is 7.66. The molecule has 0 radical (unpaired) electrons. The first-order valence-corrected chi connectivity index (χ1v) is 5.74. The monoisotopic (exact) mass is 232 g/mol. The first-order valence-electron chi connectivity index (χ1n) is 4.92. The molecule has 0 aliphatic rings. The molecule has 2 N–H and O–H groups in total. The molecule has 0 bridgehead atoms. The van der Waals surface area contributed by atoms with Crippen LogP contribution in [0.2, 0.25) is 0 Å². The predicted molar refractivity (Wildman–Crippen MR) is 65.1 cm³/mol. The molecule has 0 aromatic heterocycles. The van der Waals surface area contributed by atoms with Crippen molar-refractivity contribution in [1.82, 2.24) is 0 Å². The molecule has 2 aromatic rings. The highest BCUT2D eigenvalue weighted by molar-refractivity contribution is 7.99. The third-order valence-electron chi connectivity index (χ3n) is 2.17. The van der Waals surface area contributed by atoms with Gasteiger partial charge in [-0.3, -0.25) is 0 Å². The summed E-state index contributed by atoms with van der Waals surface area (Å²) in [6.07, 6.45) is 0. The van der Waals surface area contributed by atoms with Crippen LogP contribution in [0.25, 0.3) is 0 Å². The Bertz CT molecular complexity index is 495. The van der Waals surface area contributed by atoms with Crippen molar-refractivity contribution in [3.8, 4) is 11.5 Å². The molecule has 0 amide bonds. The largest absolute Gasteiger partial charge is 0.504 e. The predicted octanol–water partition coefficient (Wildman–Crippen LogP) is 3.56. The van der Waals surface area contributed by atoms with Crippen molar-refractivity contribution in [1.29, 1.82) is 0 Å². The van der Waals surface area contributed by atoms with E-state index < -0.39 is 0 Å². The fraction of sp³-hybridized carbons (Fsp3) is 0.0769. The van der Waals surface area contributed by atoms with Gasteiger partial charge in [-0.2, -0.15) is 0 Å². The number of phenols is 2. The van der Waals surface area contributed by atoms with Crippen LogP contribution in [0.1, 0.15) is 5.56 Å². The van der Waals surface area contributed by atoms with Gasteiger partial charge in [-0.15, -0.1) is 0 Å². The van der Waals surface area contributed by atoms with E-state index in [9.17, 15) is 10.2 Å². The number of aryl methyl sites for hydroxylation is 1. The Kier molecular flexibility index (Phi) is 3.06. The number of hydrogen-bond donors (Lipinski definition) is 2. The normalized spacial score (nSPS) is 10.3. The Hall–Kier alpha value is -1.61. The maximum Gasteiger partial charge on any atom is 0.171 e. The Morgan fingerprint density at radius 2 is 1.69 bits per heavy atom. The zero-order valence-electron chi connectivity index (χ0n) is 8.84.